The summed E-state index contributed by atoms with van der Waals surface area (Å²) in [6.45, 7) is 12.2. The fourth-order valence-corrected chi connectivity index (χ4v) is 5.02. The van der Waals surface area contributed by atoms with E-state index < -0.39 is 24.6 Å². The number of halogens is 1. The molecule has 3 heterocycles. The second-order valence-electron chi connectivity index (χ2n) is 10.2. The van der Waals surface area contributed by atoms with Gasteiger partial charge in [0.15, 0.2) is 5.90 Å². The minimum atomic E-state index is -0.906. The minimum Gasteiger partial charge on any atom is -0.474 e. The lowest BCUT2D eigenvalue weighted by Gasteiger charge is -2.32. The standard InChI is InChI=1S/C25H44FN5O5/c1-4-35-10-7-18(2)13-29(14-20-11-27-12-21(20)26)17-30-15-22(32)23(16-30)36-19(3)28-8-9-31-24(33)5-6-25(31)34/h5-6,18,20-24,27,32-33H,4,7-17H2,1-3H3. The molecule has 0 bridgehead atoms. The summed E-state index contributed by atoms with van der Waals surface area (Å²) in [5.74, 6) is 0.583. The Bertz CT molecular complexity index is 756. The maximum absolute atomic E-state index is 14.3. The van der Waals surface area contributed by atoms with Gasteiger partial charge in [-0.05, 0) is 25.3 Å². The van der Waals surface area contributed by atoms with E-state index in [1.54, 1.807) is 6.92 Å². The molecule has 36 heavy (non-hydrogen) atoms. The normalized spacial score (nSPS) is 30.2. The number of β-amino-alcohol motifs (C(OH)–C–C–N with tert-alkyl or cyclic N) is 1. The molecule has 0 aliphatic carbocycles. The van der Waals surface area contributed by atoms with Crippen LogP contribution in [0, 0.1) is 11.8 Å². The van der Waals surface area contributed by atoms with Crippen molar-refractivity contribution in [1.29, 1.82) is 0 Å². The summed E-state index contributed by atoms with van der Waals surface area (Å²) in [6.07, 6.45) is 0.941. The molecule has 6 unspecified atom stereocenters. The van der Waals surface area contributed by atoms with Crippen molar-refractivity contribution in [3.63, 3.8) is 0 Å². The van der Waals surface area contributed by atoms with Crippen LogP contribution in [-0.4, -0.2) is 134 Å². The van der Waals surface area contributed by atoms with Crippen LogP contribution < -0.4 is 5.32 Å². The van der Waals surface area contributed by atoms with Gasteiger partial charge in [0.1, 0.15) is 24.6 Å². The third-order valence-corrected chi connectivity index (χ3v) is 7.00. The Morgan fingerprint density at radius 2 is 2.17 bits per heavy atom. The second-order valence-corrected chi connectivity index (χ2v) is 10.2. The molecule has 3 rings (SSSR count). The van der Waals surface area contributed by atoms with Gasteiger partial charge in [0.05, 0.1) is 13.2 Å². The summed E-state index contributed by atoms with van der Waals surface area (Å²) in [5.41, 5.74) is 0. The molecule has 0 radical (unpaired) electrons. The zero-order chi connectivity index (χ0) is 26.1. The maximum atomic E-state index is 14.3. The summed E-state index contributed by atoms with van der Waals surface area (Å²) in [4.78, 5) is 21.8. The lowest BCUT2D eigenvalue weighted by atomic mass is 10.0. The molecule has 6 atom stereocenters. The van der Waals surface area contributed by atoms with Crippen LogP contribution in [0.2, 0.25) is 0 Å². The molecule has 2 saturated heterocycles. The topological polar surface area (TPSA) is 110 Å². The van der Waals surface area contributed by atoms with Crippen LogP contribution in [0.5, 0.6) is 0 Å². The molecular weight excluding hydrogens is 469 g/mol. The fourth-order valence-electron chi connectivity index (χ4n) is 5.02. The van der Waals surface area contributed by atoms with Gasteiger partial charge in [0.2, 0.25) is 5.91 Å². The second kappa shape index (κ2) is 14.3. The average molecular weight is 514 g/mol. The van der Waals surface area contributed by atoms with E-state index in [0.29, 0.717) is 64.4 Å². The van der Waals surface area contributed by atoms with Crippen LogP contribution in [0.4, 0.5) is 4.39 Å². The van der Waals surface area contributed by atoms with Crippen molar-refractivity contribution in [3.05, 3.63) is 12.2 Å². The molecule has 10 nitrogen and oxygen atoms in total. The zero-order valence-electron chi connectivity index (χ0n) is 21.9. The monoisotopic (exact) mass is 513 g/mol. The predicted octanol–water partition coefficient (Wildman–Crippen LogP) is 0.0630. The van der Waals surface area contributed by atoms with Gasteiger partial charge in [-0.15, -0.1) is 0 Å². The number of ether oxygens (including phenoxy) is 2. The summed E-state index contributed by atoms with van der Waals surface area (Å²) >= 11 is 0. The molecule has 3 N–H and O–H groups in total. The summed E-state index contributed by atoms with van der Waals surface area (Å²) in [5, 5.41) is 23.5. The van der Waals surface area contributed by atoms with Gasteiger partial charge in [-0.3, -0.25) is 19.6 Å². The molecule has 206 valence electrons. The maximum Gasteiger partial charge on any atom is 0.248 e. The Balaban J connectivity index is 1.48. The number of aliphatic hydroxyl groups excluding tert-OH is 2. The highest BCUT2D eigenvalue weighted by atomic mass is 19.1. The van der Waals surface area contributed by atoms with Crippen molar-refractivity contribution in [2.45, 2.75) is 51.8 Å². The van der Waals surface area contributed by atoms with Crippen LogP contribution in [-0.2, 0) is 14.3 Å². The predicted molar refractivity (Wildman–Crippen MR) is 135 cm³/mol. The van der Waals surface area contributed by atoms with E-state index in [-0.39, 0.29) is 18.4 Å². The molecule has 0 spiro atoms. The van der Waals surface area contributed by atoms with Gasteiger partial charge >= 0.3 is 0 Å². The van der Waals surface area contributed by atoms with Crippen LogP contribution in [0.15, 0.2) is 17.1 Å². The number of aliphatic hydroxyl groups is 2. The van der Waals surface area contributed by atoms with E-state index in [4.69, 9.17) is 9.47 Å². The van der Waals surface area contributed by atoms with Gasteiger partial charge in [0.25, 0.3) is 0 Å². The number of nitrogens with one attached hydrogen (secondary N) is 1. The number of carbonyl (C=O) groups excluding carboxylic acids is 1. The lowest BCUT2D eigenvalue weighted by Crippen LogP contribution is -2.43. The quantitative estimate of drug-likeness (QED) is 0.170. The highest BCUT2D eigenvalue weighted by molar-refractivity contribution is 5.90. The van der Waals surface area contributed by atoms with Crippen molar-refractivity contribution in [1.82, 2.24) is 20.0 Å². The van der Waals surface area contributed by atoms with Gasteiger partial charge < -0.3 is 29.9 Å². The number of aliphatic imine (C=N–C) groups is 1. The first kappa shape index (κ1) is 28.9. The Morgan fingerprint density at radius 3 is 2.83 bits per heavy atom. The largest absolute Gasteiger partial charge is 0.474 e. The van der Waals surface area contributed by atoms with Gasteiger partial charge in [-0.25, -0.2) is 4.39 Å². The molecule has 0 saturated carbocycles. The van der Waals surface area contributed by atoms with E-state index in [1.165, 1.54) is 17.1 Å². The van der Waals surface area contributed by atoms with Crippen molar-refractivity contribution in [3.8, 4) is 0 Å². The van der Waals surface area contributed by atoms with Gasteiger partial charge in [-0.1, -0.05) is 6.92 Å². The van der Waals surface area contributed by atoms with E-state index in [9.17, 15) is 19.4 Å². The van der Waals surface area contributed by atoms with Gasteiger partial charge in [0, 0.05) is 77.9 Å². The number of carbonyl (C=O) groups is 1. The van der Waals surface area contributed by atoms with Crippen LogP contribution in [0.1, 0.15) is 27.2 Å². The highest BCUT2D eigenvalue weighted by Crippen LogP contribution is 2.20. The van der Waals surface area contributed by atoms with E-state index in [1.807, 2.05) is 6.92 Å². The number of rotatable bonds is 14. The van der Waals surface area contributed by atoms with Crippen LogP contribution >= 0.6 is 0 Å². The Hall–Kier alpha value is -1.63. The Labute approximate surface area is 214 Å². The fraction of sp³-hybridized carbons (Fsp3) is 0.840. The zero-order valence-corrected chi connectivity index (χ0v) is 21.9. The molecular formula is C25H44FN5O5. The molecule has 0 aromatic heterocycles. The molecule has 3 aliphatic heterocycles. The van der Waals surface area contributed by atoms with Gasteiger partial charge in [-0.2, -0.15) is 0 Å². The molecule has 2 fully saturated rings. The van der Waals surface area contributed by atoms with E-state index in [2.05, 4.69) is 27.0 Å². The van der Waals surface area contributed by atoms with Crippen LogP contribution in [0.3, 0.4) is 0 Å². The highest BCUT2D eigenvalue weighted by Gasteiger charge is 2.35. The number of nitrogens with zero attached hydrogens (tertiary/aromatic N) is 4. The summed E-state index contributed by atoms with van der Waals surface area (Å²) in [7, 11) is 0. The first-order valence-corrected chi connectivity index (χ1v) is 13.2. The first-order valence-electron chi connectivity index (χ1n) is 13.2. The SMILES string of the molecule is CCOCCC(C)CN(CC1CNCC1F)CN1CC(O)C(OC(C)=NCCN2C(=O)C=CC2O)C1. The van der Waals surface area contributed by atoms with E-state index in [0.717, 1.165) is 19.6 Å². The average Bonchev–Trinajstić information content (AvgIpc) is 3.48. The molecule has 1 amide bonds. The number of hydrogen-bond acceptors (Lipinski definition) is 9. The summed E-state index contributed by atoms with van der Waals surface area (Å²) in [6, 6.07) is 0. The number of alkyl halides is 1. The lowest BCUT2D eigenvalue weighted by molar-refractivity contribution is -0.130. The van der Waals surface area contributed by atoms with Crippen molar-refractivity contribution >= 4 is 11.8 Å². The molecule has 11 heteroatoms. The first-order chi connectivity index (χ1) is 17.3. The van der Waals surface area contributed by atoms with Crippen molar-refractivity contribution in [2.75, 3.05) is 72.2 Å². The third-order valence-electron chi connectivity index (χ3n) is 7.00. The van der Waals surface area contributed by atoms with Crippen molar-refractivity contribution in [2.24, 2.45) is 16.8 Å². The Kier molecular flexibility index (Phi) is 11.5. The molecule has 0 aromatic carbocycles. The Morgan fingerprint density at radius 1 is 1.36 bits per heavy atom. The number of amides is 1. The molecule has 0 aromatic rings. The minimum absolute atomic E-state index is 0.0331. The smallest absolute Gasteiger partial charge is 0.248 e. The third kappa shape index (κ3) is 8.74. The number of likely N-dealkylation sites (tertiary alicyclic amines) is 1. The summed E-state index contributed by atoms with van der Waals surface area (Å²) < 4.78 is 25.8. The van der Waals surface area contributed by atoms with Crippen molar-refractivity contribution < 1.29 is 28.9 Å². The van der Waals surface area contributed by atoms with E-state index >= 15 is 0 Å². The van der Waals surface area contributed by atoms with Crippen LogP contribution in [0.25, 0.3) is 0 Å². The molecule has 3 aliphatic rings. The number of hydrogen-bond donors (Lipinski definition) is 3.